The first-order valence-corrected chi connectivity index (χ1v) is 15.2. The van der Waals surface area contributed by atoms with Gasteiger partial charge in [0.25, 0.3) is 0 Å². The summed E-state index contributed by atoms with van der Waals surface area (Å²) in [6.07, 6.45) is 2.40. The molecule has 0 fully saturated rings. The number of benzene rings is 1. The maximum absolute atomic E-state index is 2.48. The summed E-state index contributed by atoms with van der Waals surface area (Å²) in [6.45, 7) is 6.82. The van der Waals surface area contributed by atoms with Gasteiger partial charge in [0.2, 0.25) is 0 Å². The van der Waals surface area contributed by atoms with Gasteiger partial charge in [-0.25, -0.2) is 0 Å². The van der Waals surface area contributed by atoms with Crippen LogP contribution in [0.4, 0.5) is 0 Å². The van der Waals surface area contributed by atoms with Crippen molar-refractivity contribution in [3.05, 3.63) is 47.7 Å². The quantitative estimate of drug-likeness (QED) is 0.582. The van der Waals surface area contributed by atoms with Gasteiger partial charge in [-0.2, -0.15) is 0 Å². The van der Waals surface area contributed by atoms with Crippen LogP contribution in [0, 0.1) is 6.92 Å². The summed E-state index contributed by atoms with van der Waals surface area (Å²) < 4.78 is 3.95. The van der Waals surface area contributed by atoms with Crippen LogP contribution < -0.4 is 8.96 Å². The van der Waals surface area contributed by atoms with E-state index in [-0.39, 0.29) is 0 Å². The van der Waals surface area contributed by atoms with Crippen molar-refractivity contribution in [2.24, 2.45) is 7.05 Å². The van der Waals surface area contributed by atoms with Crippen LogP contribution >= 0.6 is 0 Å². The summed E-state index contributed by atoms with van der Waals surface area (Å²) in [7, 11) is 2.18. The average Bonchev–Trinajstić information content (AvgIpc) is 2.38. The Kier molecular flexibility index (Phi) is 4.62. The predicted molar refractivity (Wildman–Crippen MR) is 94.9 cm³/mol. The molecule has 0 bridgehead atoms. The number of pyridine rings is 1. The Morgan fingerprint density at radius 3 is 2.19 bits per heavy atom. The zero-order valence-electron chi connectivity index (χ0n) is 14.5. The van der Waals surface area contributed by atoms with Gasteiger partial charge in [0.05, 0.1) is 0 Å². The average molecular weight is 343 g/mol. The second-order valence-corrected chi connectivity index (χ2v) is 17.9. The third-order valence-corrected chi connectivity index (χ3v) is 8.42. The van der Waals surface area contributed by atoms with E-state index in [1.165, 1.54) is 16.8 Å². The molecule has 112 valence electrons. The van der Waals surface area contributed by atoms with E-state index < -0.39 is 13.3 Å². The number of aryl methyl sites for hydroxylation is 2. The van der Waals surface area contributed by atoms with Crippen molar-refractivity contribution in [2.45, 2.75) is 44.0 Å². The van der Waals surface area contributed by atoms with Gasteiger partial charge in [0.15, 0.2) is 0 Å². The second-order valence-electron chi connectivity index (χ2n) is 7.36. The minimum absolute atomic E-state index is 0.578. The summed E-state index contributed by atoms with van der Waals surface area (Å²) in [4.78, 5) is 0. The topological polar surface area (TPSA) is 3.88 Å². The number of nitrogens with zero attached hydrogens (tertiary/aromatic N) is 1. The SMILES string of the molecule is Cc1ccccc1-c1cc(C(C)C)[c]([Ge]([CH3])([CH3])[CH3])c[n+]1C. The van der Waals surface area contributed by atoms with E-state index in [4.69, 9.17) is 0 Å². The van der Waals surface area contributed by atoms with Crippen LogP contribution in [0.3, 0.4) is 0 Å². The van der Waals surface area contributed by atoms with Crippen molar-refractivity contribution in [1.29, 1.82) is 0 Å². The molecule has 2 heteroatoms. The van der Waals surface area contributed by atoms with Crippen molar-refractivity contribution in [3.8, 4) is 11.3 Å². The summed E-state index contributed by atoms with van der Waals surface area (Å²) in [5, 5.41) is 0. The van der Waals surface area contributed by atoms with Crippen molar-refractivity contribution in [1.82, 2.24) is 0 Å². The first-order chi connectivity index (χ1) is 9.71. The molecule has 0 saturated heterocycles. The number of rotatable bonds is 3. The van der Waals surface area contributed by atoms with Crippen LogP contribution in [-0.2, 0) is 7.05 Å². The molecular formula is C19H28GeN+. The van der Waals surface area contributed by atoms with Gasteiger partial charge in [-0.15, -0.1) is 0 Å². The Labute approximate surface area is 132 Å². The molecule has 0 saturated carbocycles. The van der Waals surface area contributed by atoms with Gasteiger partial charge in [-0.3, -0.25) is 0 Å². The number of aromatic nitrogens is 1. The molecule has 0 atom stereocenters. The third kappa shape index (κ3) is 3.40. The first kappa shape index (κ1) is 16.3. The van der Waals surface area contributed by atoms with Gasteiger partial charge < -0.3 is 0 Å². The van der Waals surface area contributed by atoms with Crippen molar-refractivity contribution < 1.29 is 4.57 Å². The fourth-order valence-corrected chi connectivity index (χ4v) is 6.69. The Hall–Kier alpha value is -1.09. The fraction of sp³-hybridized carbons (Fsp3) is 0.421. The van der Waals surface area contributed by atoms with Crippen molar-refractivity contribution in [3.63, 3.8) is 0 Å². The summed E-state index contributed by atoms with van der Waals surface area (Å²) in [5.74, 6) is 8.02. The molecule has 0 aliphatic heterocycles. The normalized spacial score (nSPS) is 12.0. The van der Waals surface area contributed by atoms with E-state index in [1.54, 1.807) is 9.96 Å². The Balaban J connectivity index is 2.71. The Bertz CT molecular complexity index is 651. The van der Waals surface area contributed by atoms with Crippen LogP contribution in [0.2, 0.25) is 17.3 Å². The molecule has 21 heavy (non-hydrogen) atoms. The molecule has 1 nitrogen and oxygen atoms in total. The summed E-state index contributed by atoms with van der Waals surface area (Å²) >= 11 is -1.85. The maximum atomic E-state index is 2.48. The molecule has 2 aromatic rings. The molecule has 1 heterocycles. The second kappa shape index (κ2) is 5.96. The van der Waals surface area contributed by atoms with Gasteiger partial charge in [0, 0.05) is 0 Å². The molecule has 0 aliphatic carbocycles. The minimum atomic E-state index is -1.85. The van der Waals surface area contributed by atoms with E-state index in [0.29, 0.717) is 5.92 Å². The van der Waals surface area contributed by atoms with Gasteiger partial charge in [-0.05, 0) is 0 Å². The van der Waals surface area contributed by atoms with Gasteiger partial charge in [-0.1, -0.05) is 0 Å². The predicted octanol–water partition coefficient (Wildman–Crippen LogP) is 4.16. The van der Waals surface area contributed by atoms with E-state index in [9.17, 15) is 0 Å². The van der Waals surface area contributed by atoms with Crippen LogP contribution in [-0.4, -0.2) is 13.3 Å². The van der Waals surface area contributed by atoms with Gasteiger partial charge in [0.1, 0.15) is 0 Å². The van der Waals surface area contributed by atoms with Crippen LogP contribution in [0.1, 0.15) is 30.9 Å². The number of hydrogen-bond donors (Lipinski definition) is 0. The fourth-order valence-electron chi connectivity index (χ4n) is 2.90. The van der Waals surface area contributed by atoms with E-state index in [2.05, 4.69) is 86.2 Å². The molecule has 0 spiro atoms. The Morgan fingerprint density at radius 2 is 1.67 bits per heavy atom. The van der Waals surface area contributed by atoms with Crippen LogP contribution in [0.25, 0.3) is 11.3 Å². The van der Waals surface area contributed by atoms with Crippen molar-refractivity contribution in [2.75, 3.05) is 0 Å². The van der Waals surface area contributed by atoms with Crippen molar-refractivity contribution >= 4 is 17.7 Å². The van der Waals surface area contributed by atoms with E-state index in [0.717, 1.165) is 0 Å². The summed E-state index contributed by atoms with van der Waals surface area (Å²) in [6, 6.07) is 11.1. The molecule has 2 rings (SSSR count). The molecule has 1 aromatic heterocycles. The first-order valence-electron chi connectivity index (χ1n) is 7.82. The molecular weight excluding hydrogens is 315 g/mol. The molecule has 0 N–H and O–H groups in total. The van der Waals surface area contributed by atoms with Gasteiger partial charge >= 0.3 is 132 Å². The van der Waals surface area contributed by atoms with Crippen LogP contribution in [0.5, 0.6) is 0 Å². The molecule has 1 aromatic carbocycles. The Morgan fingerprint density at radius 1 is 1.05 bits per heavy atom. The summed E-state index contributed by atoms with van der Waals surface area (Å²) in [5.41, 5.74) is 5.55. The van der Waals surface area contributed by atoms with E-state index >= 15 is 0 Å². The molecule has 0 aliphatic rings. The standard InChI is InChI=1S/C19H28GeN/c1-14(2)17-12-19(16-11-9-8-10-15(16)3)21(7)13-18(17)20(4,5)6/h8-14H,1-7H3/q+1. The van der Waals surface area contributed by atoms with Crippen LogP contribution in [0.15, 0.2) is 36.5 Å². The molecule has 0 unspecified atom stereocenters. The zero-order valence-corrected chi connectivity index (χ0v) is 16.6. The molecule has 0 amide bonds. The zero-order chi connectivity index (χ0) is 15.8. The monoisotopic (exact) mass is 344 g/mol. The molecule has 0 radical (unpaired) electrons. The third-order valence-electron chi connectivity index (χ3n) is 4.16. The number of hydrogen-bond acceptors (Lipinski definition) is 0. The van der Waals surface area contributed by atoms with E-state index in [1.807, 2.05) is 0 Å².